The standard InChI is InChI=1S/C18H29N5O3/c1-12-13(2)19-16(18(25)23-10-15(11-23)26-8-7-24)20-17(12)22-6-5-14(9-22)21(3)4/h14-15,24H,5-11H2,1-4H3/t14-/m1/s1. The maximum Gasteiger partial charge on any atom is 0.291 e. The Bertz CT molecular complexity index is 660. The average Bonchev–Trinajstić information content (AvgIpc) is 3.05. The van der Waals surface area contributed by atoms with Gasteiger partial charge in [0.15, 0.2) is 0 Å². The number of ether oxygens (including phenoxy) is 1. The summed E-state index contributed by atoms with van der Waals surface area (Å²) >= 11 is 0. The van der Waals surface area contributed by atoms with Crippen molar-refractivity contribution in [3.05, 3.63) is 17.1 Å². The van der Waals surface area contributed by atoms with Gasteiger partial charge in [0.25, 0.3) is 5.91 Å². The Morgan fingerprint density at radius 2 is 2.00 bits per heavy atom. The van der Waals surface area contributed by atoms with Gasteiger partial charge in [0.1, 0.15) is 5.82 Å². The average molecular weight is 363 g/mol. The molecule has 3 rings (SSSR count). The lowest BCUT2D eigenvalue weighted by molar-refractivity contribution is -0.0519. The zero-order valence-electron chi connectivity index (χ0n) is 16.1. The lowest BCUT2D eigenvalue weighted by Crippen LogP contribution is -2.55. The van der Waals surface area contributed by atoms with Gasteiger partial charge in [-0.3, -0.25) is 4.79 Å². The summed E-state index contributed by atoms with van der Waals surface area (Å²) in [6, 6.07) is 0.503. The molecule has 3 heterocycles. The Hall–Kier alpha value is -1.77. The van der Waals surface area contributed by atoms with Gasteiger partial charge < -0.3 is 24.5 Å². The molecule has 8 nitrogen and oxygen atoms in total. The van der Waals surface area contributed by atoms with Crippen LogP contribution in [0.1, 0.15) is 28.3 Å². The van der Waals surface area contributed by atoms with E-state index in [4.69, 9.17) is 9.84 Å². The topological polar surface area (TPSA) is 82.0 Å². The summed E-state index contributed by atoms with van der Waals surface area (Å²) in [5.41, 5.74) is 1.88. The van der Waals surface area contributed by atoms with Crippen molar-refractivity contribution < 1.29 is 14.6 Å². The van der Waals surface area contributed by atoms with Gasteiger partial charge in [0, 0.05) is 43.5 Å². The molecule has 1 amide bonds. The Balaban J connectivity index is 1.71. The van der Waals surface area contributed by atoms with Crippen LogP contribution in [-0.4, -0.2) is 96.4 Å². The van der Waals surface area contributed by atoms with Gasteiger partial charge in [-0.05, 0) is 34.4 Å². The van der Waals surface area contributed by atoms with Crippen molar-refractivity contribution in [2.45, 2.75) is 32.4 Å². The van der Waals surface area contributed by atoms with E-state index in [-0.39, 0.29) is 24.4 Å². The van der Waals surface area contributed by atoms with Gasteiger partial charge in [-0.1, -0.05) is 0 Å². The molecule has 2 saturated heterocycles. The highest BCUT2D eigenvalue weighted by molar-refractivity contribution is 5.91. The van der Waals surface area contributed by atoms with E-state index >= 15 is 0 Å². The van der Waals surface area contributed by atoms with Gasteiger partial charge in [-0.25, -0.2) is 9.97 Å². The number of aryl methyl sites for hydroxylation is 1. The highest BCUT2D eigenvalue weighted by Crippen LogP contribution is 2.26. The number of amides is 1. The van der Waals surface area contributed by atoms with Crippen molar-refractivity contribution in [1.82, 2.24) is 19.8 Å². The zero-order valence-corrected chi connectivity index (χ0v) is 16.1. The first-order valence-electron chi connectivity index (χ1n) is 9.19. The molecule has 8 heteroatoms. The smallest absolute Gasteiger partial charge is 0.291 e. The maximum atomic E-state index is 12.7. The molecule has 26 heavy (non-hydrogen) atoms. The summed E-state index contributed by atoms with van der Waals surface area (Å²) in [4.78, 5) is 28.0. The number of likely N-dealkylation sites (tertiary alicyclic amines) is 1. The number of hydrogen-bond donors (Lipinski definition) is 1. The molecule has 1 aromatic heterocycles. The number of aliphatic hydroxyl groups excluding tert-OH is 1. The number of aliphatic hydroxyl groups is 1. The summed E-state index contributed by atoms with van der Waals surface area (Å²) in [5.74, 6) is 0.984. The van der Waals surface area contributed by atoms with E-state index in [0.29, 0.717) is 25.7 Å². The molecule has 0 bridgehead atoms. The van der Waals surface area contributed by atoms with Crippen LogP contribution < -0.4 is 4.90 Å². The van der Waals surface area contributed by atoms with Gasteiger partial charge >= 0.3 is 0 Å². The van der Waals surface area contributed by atoms with Crippen LogP contribution in [0.2, 0.25) is 0 Å². The third-order valence-corrected chi connectivity index (χ3v) is 5.33. The fourth-order valence-electron chi connectivity index (χ4n) is 3.44. The van der Waals surface area contributed by atoms with E-state index in [1.807, 2.05) is 13.8 Å². The van der Waals surface area contributed by atoms with E-state index < -0.39 is 0 Å². The second-order valence-electron chi connectivity index (χ2n) is 7.36. The highest BCUT2D eigenvalue weighted by atomic mass is 16.5. The van der Waals surface area contributed by atoms with Crippen molar-refractivity contribution in [2.24, 2.45) is 0 Å². The quantitative estimate of drug-likeness (QED) is 0.766. The largest absolute Gasteiger partial charge is 0.394 e. The van der Waals surface area contributed by atoms with Crippen molar-refractivity contribution in [3.8, 4) is 0 Å². The molecule has 2 aliphatic rings. The van der Waals surface area contributed by atoms with E-state index in [0.717, 1.165) is 36.6 Å². The van der Waals surface area contributed by atoms with Crippen LogP contribution >= 0.6 is 0 Å². The minimum Gasteiger partial charge on any atom is -0.394 e. The predicted molar refractivity (Wildman–Crippen MR) is 98.5 cm³/mol. The second kappa shape index (κ2) is 7.85. The molecular weight excluding hydrogens is 334 g/mol. The van der Waals surface area contributed by atoms with Crippen molar-refractivity contribution in [1.29, 1.82) is 0 Å². The summed E-state index contributed by atoms with van der Waals surface area (Å²) in [6.07, 6.45) is 1.09. The summed E-state index contributed by atoms with van der Waals surface area (Å²) < 4.78 is 5.43. The Kier molecular flexibility index (Phi) is 5.74. The monoisotopic (exact) mass is 363 g/mol. The van der Waals surface area contributed by atoms with E-state index in [1.54, 1.807) is 4.90 Å². The molecule has 2 fully saturated rings. The molecule has 1 aromatic rings. The van der Waals surface area contributed by atoms with Crippen molar-refractivity contribution in [3.63, 3.8) is 0 Å². The fraction of sp³-hybridized carbons (Fsp3) is 0.722. The van der Waals surface area contributed by atoms with Gasteiger partial charge in [-0.2, -0.15) is 0 Å². The van der Waals surface area contributed by atoms with E-state index in [1.165, 1.54) is 0 Å². The SMILES string of the molecule is Cc1nc(C(=O)N2CC(OCCO)C2)nc(N2CC[C@@H](N(C)C)C2)c1C. The number of likely N-dealkylation sites (N-methyl/N-ethyl adjacent to an activating group) is 1. The molecule has 0 unspecified atom stereocenters. The molecule has 144 valence electrons. The first-order valence-corrected chi connectivity index (χ1v) is 9.19. The van der Waals surface area contributed by atoms with Crippen LogP contribution in [0.5, 0.6) is 0 Å². The Labute approximate surface area is 154 Å². The van der Waals surface area contributed by atoms with Crippen LogP contribution in [0.15, 0.2) is 0 Å². The first kappa shape index (κ1) is 19.0. The Morgan fingerprint density at radius 3 is 2.62 bits per heavy atom. The second-order valence-corrected chi connectivity index (χ2v) is 7.36. The molecule has 0 saturated carbocycles. The van der Waals surface area contributed by atoms with Gasteiger partial charge in [0.05, 0.1) is 19.3 Å². The number of carbonyl (C=O) groups is 1. The van der Waals surface area contributed by atoms with E-state index in [9.17, 15) is 4.79 Å². The number of carbonyl (C=O) groups excluding carboxylic acids is 1. The molecule has 0 radical (unpaired) electrons. The predicted octanol–water partition coefficient (Wildman–Crippen LogP) is 0.0670. The van der Waals surface area contributed by atoms with Crippen LogP contribution in [0.25, 0.3) is 0 Å². The lowest BCUT2D eigenvalue weighted by atomic mass is 10.1. The molecule has 0 aliphatic carbocycles. The number of aromatic nitrogens is 2. The maximum absolute atomic E-state index is 12.7. The number of hydrogen-bond acceptors (Lipinski definition) is 7. The normalized spacial score (nSPS) is 20.8. The number of rotatable bonds is 6. The summed E-state index contributed by atoms with van der Waals surface area (Å²) in [5, 5.41) is 8.80. The number of anilines is 1. The molecule has 1 atom stereocenters. The summed E-state index contributed by atoms with van der Waals surface area (Å²) in [6.45, 7) is 7.15. The van der Waals surface area contributed by atoms with Gasteiger partial charge in [-0.15, -0.1) is 0 Å². The highest BCUT2D eigenvalue weighted by Gasteiger charge is 2.34. The summed E-state index contributed by atoms with van der Waals surface area (Å²) in [7, 11) is 4.20. The third-order valence-electron chi connectivity index (χ3n) is 5.33. The minimum atomic E-state index is -0.151. The van der Waals surface area contributed by atoms with Crippen molar-refractivity contribution in [2.75, 3.05) is 58.4 Å². The molecule has 1 N–H and O–H groups in total. The van der Waals surface area contributed by atoms with Crippen LogP contribution in [0.3, 0.4) is 0 Å². The number of nitrogens with zero attached hydrogens (tertiary/aromatic N) is 5. The fourth-order valence-corrected chi connectivity index (χ4v) is 3.44. The Morgan fingerprint density at radius 1 is 1.27 bits per heavy atom. The van der Waals surface area contributed by atoms with Gasteiger partial charge in [0.2, 0.25) is 5.82 Å². The molecule has 0 aromatic carbocycles. The first-order chi connectivity index (χ1) is 12.4. The third kappa shape index (κ3) is 3.82. The van der Waals surface area contributed by atoms with Crippen LogP contribution in [-0.2, 0) is 4.74 Å². The van der Waals surface area contributed by atoms with Crippen molar-refractivity contribution >= 4 is 11.7 Å². The van der Waals surface area contributed by atoms with Crippen LogP contribution in [0, 0.1) is 13.8 Å². The van der Waals surface area contributed by atoms with Crippen LogP contribution in [0.4, 0.5) is 5.82 Å². The molecular formula is C18H29N5O3. The lowest BCUT2D eigenvalue weighted by Gasteiger charge is -2.38. The van der Waals surface area contributed by atoms with E-state index in [2.05, 4.69) is 33.9 Å². The molecule has 2 aliphatic heterocycles. The minimum absolute atomic E-state index is 0.00213. The zero-order chi connectivity index (χ0) is 18.8. The molecule has 0 spiro atoms.